The van der Waals surface area contributed by atoms with Crippen molar-refractivity contribution < 1.29 is 4.92 Å². The minimum atomic E-state index is -0.372. The minimum Gasteiger partial charge on any atom is -0.310 e. The second kappa shape index (κ2) is 7.11. The van der Waals surface area contributed by atoms with Crippen molar-refractivity contribution in [1.29, 1.82) is 0 Å². The monoisotopic (exact) mass is 250 g/mol. The number of non-ortho nitro benzene ring substituents is 1. The average molecular weight is 250 g/mol. The van der Waals surface area contributed by atoms with Gasteiger partial charge in [-0.1, -0.05) is 32.4 Å². The van der Waals surface area contributed by atoms with E-state index in [1.54, 1.807) is 24.3 Å². The summed E-state index contributed by atoms with van der Waals surface area (Å²) < 4.78 is 0. The molecule has 18 heavy (non-hydrogen) atoms. The first-order valence-electron chi connectivity index (χ1n) is 6.49. The summed E-state index contributed by atoms with van der Waals surface area (Å²) in [6.07, 6.45) is 2.35. The number of nitro groups is 1. The molecule has 1 aromatic carbocycles. The first-order chi connectivity index (χ1) is 8.52. The summed E-state index contributed by atoms with van der Waals surface area (Å²) in [5.74, 6) is 0.726. The number of hydrogen-bond acceptors (Lipinski definition) is 3. The van der Waals surface area contributed by atoms with Crippen LogP contribution in [-0.2, 0) is 6.54 Å². The second-order valence-corrected chi connectivity index (χ2v) is 4.95. The molecule has 0 aliphatic carbocycles. The van der Waals surface area contributed by atoms with Crippen LogP contribution >= 0.6 is 0 Å². The molecule has 2 atom stereocenters. The Kier molecular flexibility index (Phi) is 5.78. The molecule has 1 rings (SSSR count). The van der Waals surface area contributed by atoms with E-state index in [1.807, 2.05) is 0 Å². The molecule has 0 heterocycles. The highest BCUT2D eigenvalue weighted by molar-refractivity contribution is 5.32. The normalized spacial score (nSPS) is 14.2. The molecule has 0 aliphatic heterocycles. The predicted molar refractivity (Wildman–Crippen MR) is 73.5 cm³/mol. The summed E-state index contributed by atoms with van der Waals surface area (Å²) in [6, 6.07) is 7.18. The molecule has 0 saturated heterocycles. The molecule has 4 nitrogen and oxygen atoms in total. The van der Waals surface area contributed by atoms with Gasteiger partial charge in [-0.15, -0.1) is 0 Å². The van der Waals surface area contributed by atoms with Crippen molar-refractivity contribution in [3.05, 3.63) is 39.9 Å². The van der Waals surface area contributed by atoms with Gasteiger partial charge in [-0.3, -0.25) is 10.1 Å². The van der Waals surface area contributed by atoms with Crippen LogP contribution in [0.25, 0.3) is 0 Å². The van der Waals surface area contributed by atoms with Gasteiger partial charge in [-0.25, -0.2) is 0 Å². The Labute approximate surface area is 109 Å². The zero-order chi connectivity index (χ0) is 13.5. The topological polar surface area (TPSA) is 55.2 Å². The molecule has 0 fully saturated rings. The van der Waals surface area contributed by atoms with Crippen molar-refractivity contribution in [3.63, 3.8) is 0 Å². The van der Waals surface area contributed by atoms with Gasteiger partial charge in [0.15, 0.2) is 0 Å². The van der Waals surface area contributed by atoms with Crippen molar-refractivity contribution in [1.82, 2.24) is 5.32 Å². The van der Waals surface area contributed by atoms with Gasteiger partial charge >= 0.3 is 0 Å². The Morgan fingerprint density at radius 1 is 1.28 bits per heavy atom. The van der Waals surface area contributed by atoms with E-state index in [1.165, 1.54) is 6.42 Å². The molecule has 0 saturated carbocycles. The molecular formula is C14H22N2O2. The van der Waals surface area contributed by atoms with Crippen LogP contribution in [0.1, 0.15) is 39.2 Å². The van der Waals surface area contributed by atoms with E-state index >= 15 is 0 Å². The Hall–Kier alpha value is -1.42. The van der Waals surface area contributed by atoms with Crippen molar-refractivity contribution in [2.75, 3.05) is 0 Å². The van der Waals surface area contributed by atoms with Crippen LogP contribution in [0.15, 0.2) is 24.3 Å². The van der Waals surface area contributed by atoms with Crippen LogP contribution in [0.5, 0.6) is 0 Å². The van der Waals surface area contributed by atoms with Gasteiger partial charge in [0, 0.05) is 24.7 Å². The van der Waals surface area contributed by atoms with E-state index in [0.717, 1.165) is 24.4 Å². The Morgan fingerprint density at radius 3 is 2.39 bits per heavy atom. The SMILES string of the molecule is CCC(C)CC(C)NCc1ccc([N+](=O)[O-])cc1. The third-order valence-electron chi connectivity index (χ3n) is 3.25. The maximum absolute atomic E-state index is 10.5. The standard InChI is InChI=1S/C14H22N2O2/c1-4-11(2)9-12(3)15-10-13-5-7-14(8-6-13)16(17)18/h5-8,11-12,15H,4,9-10H2,1-3H3. The number of nitrogens with zero attached hydrogens (tertiary/aromatic N) is 1. The van der Waals surface area contributed by atoms with Crippen molar-refractivity contribution >= 4 is 5.69 Å². The largest absolute Gasteiger partial charge is 0.310 e. The number of rotatable bonds is 7. The summed E-state index contributed by atoms with van der Waals surface area (Å²) in [4.78, 5) is 10.2. The lowest BCUT2D eigenvalue weighted by molar-refractivity contribution is -0.384. The zero-order valence-electron chi connectivity index (χ0n) is 11.3. The van der Waals surface area contributed by atoms with Crippen LogP contribution in [0.2, 0.25) is 0 Å². The summed E-state index contributed by atoms with van der Waals surface area (Å²) >= 11 is 0. The fraction of sp³-hybridized carbons (Fsp3) is 0.571. The van der Waals surface area contributed by atoms with Crippen LogP contribution < -0.4 is 5.32 Å². The molecule has 2 unspecified atom stereocenters. The molecule has 100 valence electrons. The van der Waals surface area contributed by atoms with Gasteiger partial charge in [0.25, 0.3) is 5.69 Å². The molecule has 0 aromatic heterocycles. The van der Waals surface area contributed by atoms with Gasteiger partial charge in [0.05, 0.1) is 4.92 Å². The first-order valence-corrected chi connectivity index (χ1v) is 6.49. The lowest BCUT2D eigenvalue weighted by Gasteiger charge is -2.17. The zero-order valence-corrected chi connectivity index (χ0v) is 11.3. The molecular weight excluding hydrogens is 228 g/mol. The van der Waals surface area contributed by atoms with Gasteiger partial charge in [-0.2, -0.15) is 0 Å². The second-order valence-electron chi connectivity index (χ2n) is 4.95. The van der Waals surface area contributed by atoms with Crippen LogP contribution in [0.3, 0.4) is 0 Å². The van der Waals surface area contributed by atoms with Gasteiger partial charge < -0.3 is 5.32 Å². The number of benzene rings is 1. The molecule has 1 aromatic rings. The lowest BCUT2D eigenvalue weighted by atomic mass is 10.0. The molecule has 0 bridgehead atoms. The highest BCUT2D eigenvalue weighted by Crippen LogP contribution is 2.13. The molecule has 4 heteroatoms. The fourth-order valence-electron chi connectivity index (χ4n) is 1.88. The summed E-state index contributed by atoms with van der Waals surface area (Å²) in [6.45, 7) is 7.39. The first kappa shape index (κ1) is 14.6. The van der Waals surface area contributed by atoms with E-state index in [-0.39, 0.29) is 10.6 Å². The van der Waals surface area contributed by atoms with Crippen molar-refractivity contribution in [3.8, 4) is 0 Å². The Morgan fingerprint density at radius 2 is 1.89 bits per heavy atom. The minimum absolute atomic E-state index is 0.145. The average Bonchev–Trinajstić information content (AvgIpc) is 2.36. The molecule has 0 spiro atoms. The molecule has 1 N–H and O–H groups in total. The predicted octanol–water partition coefficient (Wildman–Crippen LogP) is 3.51. The lowest BCUT2D eigenvalue weighted by Crippen LogP contribution is -2.27. The van der Waals surface area contributed by atoms with Gasteiger partial charge in [0.2, 0.25) is 0 Å². The highest BCUT2D eigenvalue weighted by atomic mass is 16.6. The number of nitrogens with one attached hydrogen (secondary N) is 1. The van der Waals surface area contributed by atoms with Crippen LogP contribution in [0.4, 0.5) is 5.69 Å². The smallest absolute Gasteiger partial charge is 0.269 e. The van der Waals surface area contributed by atoms with Gasteiger partial charge in [0.1, 0.15) is 0 Å². The summed E-state index contributed by atoms with van der Waals surface area (Å²) in [5.41, 5.74) is 1.23. The summed E-state index contributed by atoms with van der Waals surface area (Å²) in [7, 11) is 0. The fourth-order valence-corrected chi connectivity index (χ4v) is 1.88. The van der Waals surface area contributed by atoms with Gasteiger partial charge in [-0.05, 0) is 24.8 Å². The molecule has 0 radical (unpaired) electrons. The van der Waals surface area contributed by atoms with E-state index in [4.69, 9.17) is 0 Å². The van der Waals surface area contributed by atoms with Crippen molar-refractivity contribution in [2.24, 2.45) is 5.92 Å². The third kappa shape index (κ3) is 4.84. The van der Waals surface area contributed by atoms with E-state index in [2.05, 4.69) is 26.1 Å². The van der Waals surface area contributed by atoms with Crippen molar-refractivity contribution in [2.45, 2.75) is 46.2 Å². The van der Waals surface area contributed by atoms with E-state index < -0.39 is 0 Å². The van der Waals surface area contributed by atoms with E-state index in [9.17, 15) is 10.1 Å². The molecule has 0 aliphatic rings. The highest BCUT2D eigenvalue weighted by Gasteiger charge is 2.07. The quantitative estimate of drug-likeness (QED) is 0.595. The van der Waals surface area contributed by atoms with E-state index in [0.29, 0.717) is 6.04 Å². The number of nitro benzene ring substituents is 1. The number of hydrogen-bond donors (Lipinski definition) is 1. The summed E-state index contributed by atoms with van der Waals surface area (Å²) in [5, 5.41) is 14.0. The molecule has 0 amide bonds. The Bertz CT molecular complexity index is 376. The third-order valence-corrected chi connectivity index (χ3v) is 3.25. The van der Waals surface area contributed by atoms with Crippen LogP contribution in [-0.4, -0.2) is 11.0 Å². The maximum Gasteiger partial charge on any atom is 0.269 e. The maximum atomic E-state index is 10.5. The Balaban J connectivity index is 2.41. The van der Waals surface area contributed by atoms with Crippen LogP contribution in [0, 0.1) is 16.0 Å².